The second kappa shape index (κ2) is 9.34. The summed E-state index contributed by atoms with van der Waals surface area (Å²) in [5, 5.41) is 9.97. The van der Waals surface area contributed by atoms with Crippen molar-refractivity contribution in [2.75, 3.05) is 7.11 Å². The van der Waals surface area contributed by atoms with Crippen LogP contribution < -0.4 is 4.74 Å². The number of benzene rings is 3. The van der Waals surface area contributed by atoms with Gasteiger partial charge in [0.05, 0.1) is 19.1 Å². The van der Waals surface area contributed by atoms with Crippen LogP contribution in [0.3, 0.4) is 0 Å². The number of Topliss-reactive ketones (excluding diaryl/α,β-unsaturated/α-hetero) is 1. The van der Waals surface area contributed by atoms with Gasteiger partial charge in [-0.3, -0.25) is 4.79 Å². The highest BCUT2D eigenvalue weighted by Gasteiger charge is 2.27. The number of ether oxygens (including phenoxy) is 1. The minimum atomic E-state index is -0.436. The Morgan fingerprint density at radius 2 is 1.57 bits per heavy atom. The minimum Gasteiger partial charge on any atom is -0.497 e. The lowest BCUT2D eigenvalue weighted by molar-refractivity contribution is 0.0972. The zero-order valence-electron chi connectivity index (χ0n) is 15.5. The molecule has 3 nitrogen and oxygen atoms in total. The molecule has 140 valence electrons. The van der Waals surface area contributed by atoms with Crippen molar-refractivity contribution in [2.24, 2.45) is 0 Å². The number of hydrogen-bond donors (Lipinski definition) is 0. The van der Waals surface area contributed by atoms with Gasteiger partial charge in [0.25, 0.3) is 0 Å². The fourth-order valence-corrected chi connectivity index (χ4v) is 3.55. The number of rotatable bonds is 7. The molecule has 2 atom stereocenters. The van der Waals surface area contributed by atoms with Crippen molar-refractivity contribution in [3.05, 3.63) is 100 Å². The maximum atomic E-state index is 12.9. The predicted molar refractivity (Wildman–Crippen MR) is 114 cm³/mol. The Morgan fingerprint density at radius 1 is 0.964 bits per heavy atom. The van der Waals surface area contributed by atoms with Crippen LogP contribution in [0.1, 0.15) is 39.7 Å². The maximum Gasteiger partial charge on any atom is 0.163 e. The fourth-order valence-electron chi connectivity index (χ4n) is 3.29. The topological polar surface area (TPSA) is 50.1 Å². The Labute approximate surface area is 173 Å². The van der Waals surface area contributed by atoms with Gasteiger partial charge in [-0.2, -0.15) is 5.26 Å². The third-order valence-corrected chi connectivity index (χ3v) is 5.34. The first kappa shape index (κ1) is 19.9. The molecular formula is C24H20BrNO2. The van der Waals surface area contributed by atoms with Crippen LogP contribution in [0.25, 0.3) is 0 Å². The average molecular weight is 434 g/mol. The SMILES string of the molecule is COc1ccc(C(CC(=O)c2ccccc2)C(C#N)c2ccc(Br)cc2)cc1. The van der Waals surface area contributed by atoms with Crippen molar-refractivity contribution in [3.8, 4) is 11.8 Å². The van der Waals surface area contributed by atoms with E-state index < -0.39 is 5.92 Å². The van der Waals surface area contributed by atoms with E-state index >= 15 is 0 Å². The van der Waals surface area contributed by atoms with Crippen molar-refractivity contribution in [1.29, 1.82) is 5.26 Å². The number of halogens is 1. The molecule has 0 bridgehead atoms. The van der Waals surface area contributed by atoms with Gasteiger partial charge in [-0.05, 0) is 35.4 Å². The van der Waals surface area contributed by atoms with Crippen LogP contribution >= 0.6 is 15.9 Å². The van der Waals surface area contributed by atoms with Gasteiger partial charge in [-0.1, -0.05) is 70.5 Å². The lowest BCUT2D eigenvalue weighted by Crippen LogP contribution is -2.15. The first-order valence-corrected chi connectivity index (χ1v) is 9.79. The summed E-state index contributed by atoms with van der Waals surface area (Å²) in [7, 11) is 1.62. The van der Waals surface area contributed by atoms with Gasteiger partial charge < -0.3 is 4.74 Å². The molecule has 0 aliphatic rings. The van der Waals surface area contributed by atoms with Crippen molar-refractivity contribution in [3.63, 3.8) is 0 Å². The van der Waals surface area contributed by atoms with Crippen LogP contribution in [-0.4, -0.2) is 12.9 Å². The second-order valence-corrected chi connectivity index (χ2v) is 7.45. The average Bonchev–Trinajstić information content (AvgIpc) is 2.75. The van der Waals surface area contributed by atoms with Gasteiger partial charge in [-0.15, -0.1) is 0 Å². The second-order valence-electron chi connectivity index (χ2n) is 6.53. The summed E-state index contributed by atoms with van der Waals surface area (Å²) in [5.74, 6) is 0.0757. The van der Waals surface area contributed by atoms with E-state index in [0.717, 1.165) is 21.3 Å². The maximum absolute atomic E-state index is 12.9. The van der Waals surface area contributed by atoms with Gasteiger partial charge in [0.1, 0.15) is 5.75 Å². The summed E-state index contributed by atoms with van der Waals surface area (Å²) in [4.78, 5) is 12.9. The number of ketones is 1. The predicted octanol–water partition coefficient (Wildman–Crippen LogP) is 6.12. The summed E-state index contributed by atoms with van der Waals surface area (Å²) in [6.07, 6.45) is 0.255. The smallest absolute Gasteiger partial charge is 0.163 e. The number of carbonyl (C=O) groups excluding carboxylic acids is 1. The third-order valence-electron chi connectivity index (χ3n) is 4.82. The molecule has 0 saturated carbocycles. The standard InChI is InChI=1S/C24H20BrNO2/c1-28-21-13-9-17(10-14-21)22(15-24(27)19-5-3-2-4-6-19)23(16-26)18-7-11-20(25)12-8-18/h2-14,22-23H,15H2,1H3. The minimum absolute atomic E-state index is 0.0266. The molecule has 0 amide bonds. The van der Waals surface area contributed by atoms with Crippen LogP contribution in [0, 0.1) is 11.3 Å². The van der Waals surface area contributed by atoms with E-state index in [-0.39, 0.29) is 18.1 Å². The molecule has 3 aromatic rings. The third kappa shape index (κ3) is 4.68. The van der Waals surface area contributed by atoms with Crippen LogP contribution in [0.5, 0.6) is 5.75 Å². The number of carbonyl (C=O) groups is 1. The van der Waals surface area contributed by atoms with Crippen LogP contribution in [-0.2, 0) is 0 Å². The molecule has 4 heteroatoms. The molecule has 0 aromatic heterocycles. The summed E-state index contributed by atoms with van der Waals surface area (Å²) < 4.78 is 6.20. The van der Waals surface area contributed by atoms with Crippen molar-refractivity contribution in [1.82, 2.24) is 0 Å². The van der Waals surface area contributed by atoms with E-state index in [0.29, 0.717) is 5.56 Å². The molecule has 0 aliphatic carbocycles. The molecule has 0 aliphatic heterocycles. The Balaban J connectivity index is 1.98. The number of nitrogens with zero attached hydrogens (tertiary/aromatic N) is 1. The van der Waals surface area contributed by atoms with Gasteiger partial charge in [-0.25, -0.2) is 0 Å². The zero-order chi connectivity index (χ0) is 19.9. The van der Waals surface area contributed by atoms with E-state index in [9.17, 15) is 10.1 Å². The summed E-state index contributed by atoms with van der Waals surface area (Å²) in [6.45, 7) is 0. The molecule has 0 spiro atoms. The van der Waals surface area contributed by atoms with Gasteiger partial charge >= 0.3 is 0 Å². The van der Waals surface area contributed by atoms with E-state index in [1.54, 1.807) is 7.11 Å². The summed E-state index contributed by atoms with van der Waals surface area (Å²) >= 11 is 3.43. The Bertz CT molecular complexity index is 960. The Morgan fingerprint density at radius 3 is 2.14 bits per heavy atom. The highest BCUT2D eigenvalue weighted by Crippen LogP contribution is 2.37. The monoisotopic (exact) mass is 433 g/mol. The Hall–Kier alpha value is -2.90. The fraction of sp³-hybridized carbons (Fsp3) is 0.167. The lowest BCUT2D eigenvalue weighted by atomic mass is 9.78. The molecule has 0 N–H and O–H groups in total. The first-order valence-electron chi connectivity index (χ1n) is 8.99. The summed E-state index contributed by atoms with van der Waals surface area (Å²) in [6, 6.07) is 27.0. The molecule has 2 unspecified atom stereocenters. The van der Waals surface area contributed by atoms with Crippen LogP contribution in [0.4, 0.5) is 0 Å². The molecule has 3 rings (SSSR count). The first-order chi connectivity index (χ1) is 13.6. The Kier molecular flexibility index (Phi) is 6.62. The molecular weight excluding hydrogens is 414 g/mol. The molecule has 3 aromatic carbocycles. The van der Waals surface area contributed by atoms with Crippen molar-refractivity contribution >= 4 is 21.7 Å². The number of nitriles is 1. The quantitative estimate of drug-likeness (QED) is 0.421. The lowest BCUT2D eigenvalue weighted by Gasteiger charge is -2.23. The summed E-state index contributed by atoms with van der Waals surface area (Å²) in [5.41, 5.74) is 2.50. The largest absolute Gasteiger partial charge is 0.497 e. The highest BCUT2D eigenvalue weighted by atomic mass is 79.9. The van der Waals surface area contributed by atoms with Crippen LogP contribution in [0.2, 0.25) is 0 Å². The van der Waals surface area contributed by atoms with E-state index in [2.05, 4.69) is 22.0 Å². The highest BCUT2D eigenvalue weighted by molar-refractivity contribution is 9.10. The molecule has 0 radical (unpaired) electrons. The van der Waals surface area contributed by atoms with E-state index in [1.165, 1.54) is 0 Å². The molecule has 0 heterocycles. The normalized spacial score (nSPS) is 12.6. The van der Waals surface area contributed by atoms with Gasteiger partial charge in [0.2, 0.25) is 0 Å². The van der Waals surface area contributed by atoms with Crippen LogP contribution in [0.15, 0.2) is 83.3 Å². The van der Waals surface area contributed by atoms with Crippen molar-refractivity contribution in [2.45, 2.75) is 18.3 Å². The van der Waals surface area contributed by atoms with E-state index in [4.69, 9.17) is 4.74 Å². The van der Waals surface area contributed by atoms with E-state index in [1.807, 2.05) is 78.9 Å². The van der Waals surface area contributed by atoms with Crippen molar-refractivity contribution < 1.29 is 9.53 Å². The number of hydrogen-bond acceptors (Lipinski definition) is 3. The molecule has 0 fully saturated rings. The van der Waals surface area contributed by atoms with Gasteiger partial charge in [0.15, 0.2) is 5.78 Å². The molecule has 0 saturated heterocycles. The molecule has 28 heavy (non-hydrogen) atoms. The van der Waals surface area contributed by atoms with Gasteiger partial charge in [0, 0.05) is 22.4 Å². The zero-order valence-corrected chi connectivity index (χ0v) is 17.1. The number of methoxy groups -OCH3 is 1.